The highest BCUT2D eigenvalue weighted by Crippen LogP contribution is 2.22. The summed E-state index contributed by atoms with van der Waals surface area (Å²) in [5, 5.41) is 0.336. The molecule has 5 heteroatoms. The predicted octanol–water partition coefficient (Wildman–Crippen LogP) is 2.63. The van der Waals surface area contributed by atoms with E-state index in [0.717, 1.165) is 5.56 Å². The lowest BCUT2D eigenvalue weighted by atomic mass is 10.1. The van der Waals surface area contributed by atoms with Crippen LogP contribution in [0.1, 0.15) is 23.0 Å². The van der Waals surface area contributed by atoms with Crippen LogP contribution < -0.4 is 5.73 Å². The monoisotopic (exact) mass is 251 g/mol. The Balaban J connectivity index is 2.36. The van der Waals surface area contributed by atoms with Gasteiger partial charge >= 0.3 is 0 Å². The molecule has 2 aromatic rings. The first-order valence-electron chi connectivity index (χ1n) is 5.07. The summed E-state index contributed by atoms with van der Waals surface area (Å²) in [4.78, 5) is 8.16. The molecule has 1 aromatic heterocycles. The number of hydrogen-bond donors (Lipinski definition) is 1. The van der Waals surface area contributed by atoms with Crippen molar-refractivity contribution in [3.05, 3.63) is 58.4 Å². The minimum Gasteiger partial charge on any atom is -0.318 e. The number of aromatic nitrogens is 2. The summed E-state index contributed by atoms with van der Waals surface area (Å²) < 4.78 is 13.6. The van der Waals surface area contributed by atoms with E-state index in [0.29, 0.717) is 16.4 Å². The second-order valence-electron chi connectivity index (χ2n) is 3.76. The van der Waals surface area contributed by atoms with Gasteiger partial charge in [-0.05, 0) is 24.6 Å². The number of halogens is 2. The number of nitrogens with zero attached hydrogens (tertiary/aromatic N) is 2. The molecule has 0 saturated carbocycles. The van der Waals surface area contributed by atoms with Crippen LogP contribution in [0, 0.1) is 12.7 Å². The van der Waals surface area contributed by atoms with Crippen molar-refractivity contribution in [3.63, 3.8) is 0 Å². The fraction of sp³-hybridized carbons (Fsp3) is 0.167. The number of hydrogen-bond acceptors (Lipinski definition) is 3. The van der Waals surface area contributed by atoms with Crippen LogP contribution in [0.5, 0.6) is 0 Å². The average molecular weight is 252 g/mol. The lowest BCUT2D eigenvalue weighted by Crippen LogP contribution is -2.16. The predicted molar refractivity (Wildman–Crippen MR) is 64.2 cm³/mol. The topological polar surface area (TPSA) is 51.8 Å². The number of aryl methyl sites for hydroxylation is 1. The van der Waals surface area contributed by atoms with Gasteiger partial charge in [0.25, 0.3) is 0 Å². The van der Waals surface area contributed by atoms with Crippen LogP contribution in [-0.2, 0) is 0 Å². The standard InChI is InChI=1S/C12H11ClFN3/c1-7-5-16-12(17-6-7)11(15)9-3-2-8(13)4-10(9)14/h2-6,11H,15H2,1H3. The Morgan fingerprint density at radius 3 is 2.53 bits per heavy atom. The second-order valence-corrected chi connectivity index (χ2v) is 4.20. The van der Waals surface area contributed by atoms with Gasteiger partial charge in [0, 0.05) is 23.0 Å². The molecule has 0 aliphatic carbocycles. The molecule has 3 nitrogen and oxygen atoms in total. The van der Waals surface area contributed by atoms with Gasteiger partial charge in [0.15, 0.2) is 0 Å². The largest absolute Gasteiger partial charge is 0.318 e. The number of benzene rings is 1. The molecule has 2 N–H and O–H groups in total. The van der Waals surface area contributed by atoms with Crippen LogP contribution in [0.15, 0.2) is 30.6 Å². The summed E-state index contributed by atoms with van der Waals surface area (Å²) in [6.45, 7) is 1.87. The maximum Gasteiger partial charge on any atom is 0.149 e. The van der Waals surface area contributed by atoms with Crippen molar-refractivity contribution in [1.82, 2.24) is 9.97 Å². The van der Waals surface area contributed by atoms with Gasteiger partial charge in [0.05, 0.1) is 6.04 Å². The maximum absolute atomic E-state index is 13.6. The summed E-state index contributed by atoms with van der Waals surface area (Å²) in [5.74, 6) is -0.0639. The lowest BCUT2D eigenvalue weighted by Gasteiger charge is -2.11. The van der Waals surface area contributed by atoms with Crippen molar-refractivity contribution in [2.24, 2.45) is 5.73 Å². The Hall–Kier alpha value is -1.52. The third kappa shape index (κ3) is 2.60. The fourth-order valence-electron chi connectivity index (χ4n) is 1.46. The lowest BCUT2D eigenvalue weighted by molar-refractivity contribution is 0.593. The number of nitrogens with two attached hydrogens (primary N) is 1. The van der Waals surface area contributed by atoms with Gasteiger partial charge in [-0.1, -0.05) is 17.7 Å². The van der Waals surface area contributed by atoms with Crippen molar-refractivity contribution in [2.75, 3.05) is 0 Å². The quantitative estimate of drug-likeness (QED) is 0.893. The molecule has 0 spiro atoms. The van der Waals surface area contributed by atoms with Gasteiger partial charge in [-0.3, -0.25) is 0 Å². The highest BCUT2D eigenvalue weighted by molar-refractivity contribution is 6.30. The number of rotatable bonds is 2. The normalized spacial score (nSPS) is 12.5. The van der Waals surface area contributed by atoms with E-state index in [9.17, 15) is 4.39 Å². The molecule has 0 aliphatic heterocycles. The van der Waals surface area contributed by atoms with Gasteiger partial charge in [0.2, 0.25) is 0 Å². The minimum atomic E-state index is -0.687. The minimum absolute atomic E-state index is 0.332. The summed E-state index contributed by atoms with van der Waals surface area (Å²) in [7, 11) is 0. The molecule has 1 aromatic carbocycles. The van der Waals surface area contributed by atoms with E-state index in [1.54, 1.807) is 24.5 Å². The molecule has 2 rings (SSSR count). The van der Waals surface area contributed by atoms with Crippen molar-refractivity contribution >= 4 is 11.6 Å². The molecular formula is C12H11ClFN3. The Bertz CT molecular complexity index is 528. The Morgan fingerprint density at radius 2 is 1.94 bits per heavy atom. The van der Waals surface area contributed by atoms with Gasteiger partial charge in [-0.15, -0.1) is 0 Å². The van der Waals surface area contributed by atoms with Gasteiger partial charge in [-0.25, -0.2) is 14.4 Å². The summed E-state index contributed by atoms with van der Waals surface area (Å²) in [6, 6.07) is 3.68. The average Bonchev–Trinajstić information content (AvgIpc) is 2.29. The molecule has 1 heterocycles. The van der Waals surface area contributed by atoms with Gasteiger partial charge in [-0.2, -0.15) is 0 Å². The molecule has 0 amide bonds. The van der Waals surface area contributed by atoms with Gasteiger partial charge < -0.3 is 5.73 Å². The Kier molecular flexibility index (Phi) is 3.36. The SMILES string of the molecule is Cc1cnc(C(N)c2ccc(Cl)cc2F)nc1. The van der Waals surface area contributed by atoms with Crippen molar-refractivity contribution < 1.29 is 4.39 Å². The molecule has 1 unspecified atom stereocenters. The third-order valence-corrected chi connectivity index (χ3v) is 2.61. The Labute approximate surface area is 103 Å². The maximum atomic E-state index is 13.6. The van der Waals surface area contributed by atoms with Crippen LogP contribution in [0.4, 0.5) is 4.39 Å². The first kappa shape index (κ1) is 12.0. The van der Waals surface area contributed by atoms with E-state index >= 15 is 0 Å². The zero-order valence-corrected chi connectivity index (χ0v) is 9.95. The molecule has 0 bridgehead atoms. The molecule has 0 fully saturated rings. The summed E-state index contributed by atoms with van der Waals surface area (Å²) in [5.41, 5.74) is 7.17. The van der Waals surface area contributed by atoms with Crippen molar-refractivity contribution in [2.45, 2.75) is 13.0 Å². The van der Waals surface area contributed by atoms with Crippen LogP contribution in [0.3, 0.4) is 0 Å². The first-order valence-corrected chi connectivity index (χ1v) is 5.45. The van der Waals surface area contributed by atoms with Crippen LogP contribution in [0.25, 0.3) is 0 Å². The van der Waals surface area contributed by atoms with E-state index in [1.165, 1.54) is 6.07 Å². The molecule has 0 aliphatic rings. The van der Waals surface area contributed by atoms with Gasteiger partial charge in [0.1, 0.15) is 11.6 Å². The Morgan fingerprint density at radius 1 is 1.29 bits per heavy atom. The smallest absolute Gasteiger partial charge is 0.149 e. The second kappa shape index (κ2) is 4.77. The van der Waals surface area contributed by atoms with Crippen molar-refractivity contribution in [3.8, 4) is 0 Å². The van der Waals surface area contributed by atoms with E-state index < -0.39 is 11.9 Å². The molecule has 17 heavy (non-hydrogen) atoms. The zero-order chi connectivity index (χ0) is 12.4. The molecular weight excluding hydrogens is 241 g/mol. The fourth-order valence-corrected chi connectivity index (χ4v) is 1.61. The zero-order valence-electron chi connectivity index (χ0n) is 9.19. The molecule has 0 saturated heterocycles. The van der Waals surface area contributed by atoms with E-state index in [1.807, 2.05) is 6.92 Å². The molecule has 0 radical (unpaired) electrons. The van der Waals surface area contributed by atoms with Crippen molar-refractivity contribution in [1.29, 1.82) is 0 Å². The highest BCUT2D eigenvalue weighted by atomic mass is 35.5. The highest BCUT2D eigenvalue weighted by Gasteiger charge is 2.16. The van der Waals surface area contributed by atoms with Crippen LogP contribution in [-0.4, -0.2) is 9.97 Å². The van der Waals surface area contributed by atoms with Crippen LogP contribution in [0.2, 0.25) is 5.02 Å². The van der Waals surface area contributed by atoms with E-state index in [-0.39, 0.29) is 0 Å². The molecule has 88 valence electrons. The summed E-state index contributed by atoms with van der Waals surface area (Å²) in [6.07, 6.45) is 3.30. The summed E-state index contributed by atoms with van der Waals surface area (Å²) >= 11 is 5.68. The molecule has 1 atom stereocenters. The van der Waals surface area contributed by atoms with E-state index in [4.69, 9.17) is 17.3 Å². The van der Waals surface area contributed by atoms with Crippen LogP contribution >= 0.6 is 11.6 Å². The van der Waals surface area contributed by atoms with E-state index in [2.05, 4.69) is 9.97 Å². The first-order chi connectivity index (χ1) is 8.08. The third-order valence-electron chi connectivity index (χ3n) is 2.38.